The molecule has 0 fully saturated rings. The van der Waals surface area contributed by atoms with Crippen molar-refractivity contribution < 1.29 is 23.8 Å². The summed E-state index contributed by atoms with van der Waals surface area (Å²) in [7, 11) is 3.10. The zero-order valence-corrected chi connectivity index (χ0v) is 19.7. The number of thioether (sulfide) groups is 1. The lowest BCUT2D eigenvalue weighted by molar-refractivity contribution is -0.136. The van der Waals surface area contributed by atoms with E-state index >= 15 is 0 Å². The van der Waals surface area contributed by atoms with Crippen LogP contribution in [0.3, 0.4) is 0 Å². The summed E-state index contributed by atoms with van der Waals surface area (Å²) < 4.78 is 16.3. The summed E-state index contributed by atoms with van der Waals surface area (Å²) in [5.41, 5.74) is 2.12. The van der Waals surface area contributed by atoms with Crippen LogP contribution >= 0.6 is 11.8 Å². The van der Waals surface area contributed by atoms with Gasteiger partial charge in [0.05, 0.1) is 30.8 Å². The van der Waals surface area contributed by atoms with Gasteiger partial charge >= 0.3 is 0 Å². The Balaban J connectivity index is 1.90. The lowest BCUT2D eigenvalue weighted by Gasteiger charge is -2.16. The average molecular weight is 456 g/mol. The first-order valence-electron chi connectivity index (χ1n) is 10.6. The van der Waals surface area contributed by atoms with Crippen molar-refractivity contribution in [2.24, 2.45) is 0 Å². The van der Waals surface area contributed by atoms with Gasteiger partial charge in [0.1, 0.15) is 0 Å². The molecule has 0 atom stereocenters. The molecular weight excluding hydrogens is 426 g/mol. The Labute approximate surface area is 193 Å². The number of amides is 2. The van der Waals surface area contributed by atoms with Gasteiger partial charge in [-0.1, -0.05) is 36.4 Å². The maximum Gasteiger partial charge on any atom is 0.267 e. The highest BCUT2D eigenvalue weighted by molar-refractivity contribution is 8.03. The Morgan fingerprint density at radius 2 is 1.66 bits per heavy atom. The van der Waals surface area contributed by atoms with Gasteiger partial charge in [0.25, 0.3) is 11.8 Å². The van der Waals surface area contributed by atoms with Crippen LogP contribution in [0.25, 0.3) is 5.57 Å². The second-order valence-corrected chi connectivity index (χ2v) is 8.57. The van der Waals surface area contributed by atoms with Crippen molar-refractivity contribution in [3.8, 4) is 11.5 Å². The monoisotopic (exact) mass is 455 g/mol. The summed E-state index contributed by atoms with van der Waals surface area (Å²) >= 11 is 1.39. The van der Waals surface area contributed by atoms with Crippen LogP contribution in [-0.2, 0) is 20.1 Å². The summed E-state index contributed by atoms with van der Waals surface area (Å²) in [6.45, 7) is 4.73. The molecule has 0 bridgehead atoms. The number of carbonyl (C=O) groups excluding carboxylic acids is 2. The minimum absolute atomic E-state index is 0.109. The van der Waals surface area contributed by atoms with E-state index in [1.165, 1.54) is 16.7 Å². The fourth-order valence-electron chi connectivity index (χ4n) is 3.41. The number of carbonyl (C=O) groups is 2. The van der Waals surface area contributed by atoms with Crippen LogP contribution in [0.1, 0.15) is 31.4 Å². The van der Waals surface area contributed by atoms with Crippen LogP contribution in [-0.4, -0.2) is 50.2 Å². The van der Waals surface area contributed by atoms with E-state index in [1.54, 1.807) is 32.4 Å². The van der Waals surface area contributed by atoms with Crippen molar-refractivity contribution in [3.63, 3.8) is 0 Å². The molecule has 0 saturated heterocycles. The predicted octanol–water partition coefficient (Wildman–Crippen LogP) is 4.53. The van der Waals surface area contributed by atoms with Gasteiger partial charge in [-0.25, -0.2) is 0 Å². The number of hydrogen-bond acceptors (Lipinski definition) is 6. The number of ether oxygens (including phenoxy) is 3. The van der Waals surface area contributed by atoms with Crippen LogP contribution in [0.2, 0.25) is 0 Å². The molecule has 2 amide bonds. The van der Waals surface area contributed by atoms with E-state index < -0.39 is 0 Å². The highest BCUT2D eigenvalue weighted by Crippen LogP contribution is 2.40. The molecule has 7 heteroatoms. The molecule has 0 radical (unpaired) electrons. The lowest BCUT2D eigenvalue weighted by Crippen LogP contribution is -2.33. The highest BCUT2D eigenvalue weighted by Gasteiger charge is 2.39. The van der Waals surface area contributed by atoms with Crippen molar-refractivity contribution in [3.05, 3.63) is 64.6 Å². The molecule has 0 aromatic heterocycles. The molecule has 0 spiro atoms. The number of methoxy groups -OCH3 is 2. The van der Waals surface area contributed by atoms with Crippen molar-refractivity contribution >= 4 is 29.1 Å². The predicted molar refractivity (Wildman–Crippen MR) is 127 cm³/mol. The van der Waals surface area contributed by atoms with E-state index in [9.17, 15) is 9.59 Å². The second kappa shape index (κ2) is 11.2. The van der Waals surface area contributed by atoms with Gasteiger partial charge in [-0.05, 0) is 43.5 Å². The van der Waals surface area contributed by atoms with Crippen molar-refractivity contribution in [2.75, 3.05) is 27.4 Å². The zero-order valence-electron chi connectivity index (χ0n) is 18.9. The SMILES string of the molecule is COc1ccc(C2=C(SCc3ccccc3)C(=O)N(CCCOC(C)C)C2=O)cc1OC. The van der Waals surface area contributed by atoms with Gasteiger partial charge in [0.15, 0.2) is 11.5 Å². The van der Waals surface area contributed by atoms with Gasteiger partial charge in [-0.15, -0.1) is 11.8 Å². The first-order chi connectivity index (χ1) is 15.5. The highest BCUT2D eigenvalue weighted by atomic mass is 32.2. The minimum Gasteiger partial charge on any atom is -0.493 e. The van der Waals surface area contributed by atoms with E-state index in [0.717, 1.165) is 5.56 Å². The van der Waals surface area contributed by atoms with E-state index in [4.69, 9.17) is 14.2 Å². The third-order valence-electron chi connectivity index (χ3n) is 5.00. The molecule has 32 heavy (non-hydrogen) atoms. The van der Waals surface area contributed by atoms with Crippen LogP contribution < -0.4 is 9.47 Å². The zero-order chi connectivity index (χ0) is 23.1. The van der Waals surface area contributed by atoms with Crippen LogP contribution in [0, 0.1) is 0 Å². The van der Waals surface area contributed by atoms with E-state index in [-0.39, 0.29) is 17.9 Å². The molecule has 6 nitrogen and oxygen atoms in total. The summed E-state index contributed by atoms with van der Waals surface area (Å²) in [6, 6.07) is 15.2. The molecule has 1 heterocycles. The molecule has 2 aromatic rings. The largest absolute Gasteiger partial charge is 0.493 e. The van der Waals surface area contributed by atoms with Crippen LogP contribution in [0.4, 0.5) is 0 Å². The Bertz CT molecular complexity index is 987. The van der Waals surface area contributed by atoms with Gasteiger partial charge in [0, 0.05) is 18.9 Å². The molecule has 0 unspecified atom stereocenters. The second-order valence-electron chi connectivity index (χ2n) is 7.58. The Morgan fingerprint density at radius 1 is 0.938 bits per heavy atom. The van der Waals surface area contributed by atoms with Crippen molar-refractivity contribution in [2.45, 2.75) is 32.1 Å². The smallest absolute Gasteiger partial charge is 0.267 e. The fourth-order valence-corrected chi connectivity index (χ4v) is 4.50. The molecule has 1 aliphatic heterocycles. The fraction of sp³-hybridized carbons (Fsp3) is 0.360. The standard InChI is InChI=1S/C25H29NO5S/c1-17(2)31-14-8-13-26-24(27)22(19-11-12-20(29-3)21(15-19)30-4)23(25(26)28)32-16-18-9-6-5-7-10-18/h5-7,9-12,15,17H,8,13-14,16H2,1-4H3. The van der Waals surface area contributed by atoms with Gasteiger partial charge in [-0.2, -0.15) is 0 Å². The lowest BCUT2D eigenvalue weighted by atomic mass is 10.1. The first kappa shape index (κ1) is 23.9. The Kier molecular flexibility index (Phi) is 8.36. The molecule has 1 aliphatic rings. The average Bonchev–Trinajstić information content (AvgIpc) is 3.04. The molecule has 0 aliphatic carbocycles. The molecule has 0 saturated carbocycles. The number of benzene rings is 2. The molecule has 3 rings (SSSR count). The number of imide groups is 1. The first-order valence-corrected chi connectivity index (χ1v) is 11.6. The Morgan fingerprint density at radius 3 is 2.31 bits per heavy atom. The maximum absolute atomic E-state index is 13.3. The van der Waals surface area contributed by atoms with E-state index in [0.29, 0.717) is 52.9 Å². The molecular formula is C25H29NO5S. The summed E-state index contributed by atoms with van der Waals surface area (Å²) in [6.07, 6.45) is 0.698. The van der Waals surface area contributed by atoms with Gasteiger partial charge < -0.3 is 14.2 Å². The minimum atomic E-state index is -0.290. The molecule has 2 aromatic carbocycles. The Hall–Kier alpha value is -2.77. The number of rotatable bonds is 11. The van der Waals surface area contributed by atoms with Crippen molar-refractivity contribution in [1.29, 1.82) is 0 Å². The van der Waals surface area contributed by atoms with Crippen molar-refractivity contribution in [1.82, 2.24) is 4.90 Å². The number of nitrogens with zero attached hydrogens (tertiary/aromatic N) is 1. The van der Waals surface area contributed by atoms with Gasteiger partial charge in [0.2, 0.25) is 0 Å². The maximum atomic E-state index is 13.3. The quantitative estimate of drug-likeness (QED) is 0.366. The third kappa shape index (κ3) is 5.53. The third-order valence-corrected chi connectivity index (χ3v) is 6.15. The summed E-state index contributed by atoms with van der Waals surface area (Å²) in [4.78, 5) is 28.4. The summed E-state index contributed by atoms with van der Waals surface area (Å²) in [5, 5.41) is 0. The van der Waals surface area contributed by atoms with Crippen LogP contribution in [0.5, 0.6) is 11.5 Å². The summed E-state index contributed by atoms with van der Waals surface area (Å²) in [5.74, 6) is 1.12. The van der Waals surface area contributed by atoms with E-state index in [1.807, 2.05) is 44.2 Å². The molecule has 0 N–H and O–H groups in total. The van der Waals surface area contributed by atoms with Gasteiger partial charge in [-0.3, -0.25) is 14.5 Å². The van der Waals surface area contributed by atoms with Crippen LogP contribution in [0.15, 0.2) is 53.4 Å². The molecule has 170 valence electrons. The topological polar surface area (TPSA) is 65.1 Å². The van der Waals surface area contributed by atoms with E-state index in [2.05, 4.69) is 0 Å². The number of hydrogen-bond donors (Lipinski definition) is 0. The normalized spacial score (nSPS) is 14.0.